The number of nitrogens with zero attached hydrogens (tertiary/aromatic N) is 2. The summed E-state index contributed by atoms with van der Waals surface area (Å²) in [5.41, 5.74) is 1.20. The number of amides is 1. The van der Waals surface area contributed by atoms with Crippen molar-refractivity contribution in [3.05, 3.63) is 36.0 Å². The molecule has 0 spiro atoms. The second-order valence-electron chi connectivity index (χ2n) is 6.44. The molecule has 2 N–H and O–H groups in total. The number of nitrogens with one attached hydrogen (secondary N) is 1. The van der Waals surface area contributed by atoms with Crippen LogP contribution in [-0.4, -0.2) is 69.5 Å². The molecule has 0 aliphatic carbocycles. The van der Waals surface area contributed by atoms with Gasteiger partial charge in [-0.25, -0.2) is 4.98 Å². The number of rotatable bonds is 11. The van der Waals surface area contributed by atoms with E-state index in [1.807, 2.05) is 18.2 Å². The number of likely N-dealkylation sites (tertiary alicyclic amines) is 1. The molecular weight excluding hydrogens is 366 g/mol. The van der Waals surface area contributed by atoms with Crippen LogP contribution in [0.5, 0.6) is 5.88 Å². The van der Waals surface area contributed by atoms with E-state index in [2.05, 4.69) is 15.2 Å². The van der Waals surface area contributed by atoms with Crippen molar-refractivity contribution in [2.45, 2.75) is 25.8 Å². The third-order valence-corrected chi connectivity index (χ3v) is 5.40. The summed E-state index contributed by atoms with van der Waals surface area (Å²) < 4.78 is 17.0. The predicted molar refractivity (Wildman–Crippen MR) is 106 cm³/mol. The molecule has 1 aliphatic heterocycles. The van der Waals surface area contributed by atoms with Crippen molar-refractivity contribution in [3.8, 4) is 5.88 Å². The van der Waals surface area contributed by atoms with Crippen LogP contribution < -0.4 is 10.1 Å². The number of aromatic nitrogens is 1. The number of carbonyl (C=O) groups is 1. The van der Waals surface area contributed by atoms with Crippen molar-refractivity contribution >= 4 is 16.7 Å². The molecule has 0 aromatic carbocycles. The zero-order chi connectivity index (χ0) is 19.3. The number of hydrogen-bond donors (Lipinski definition) is 2. The fraction of sp³-hybridized carbons (Fsp3) is 0.579. The van der Waals surface area contributed by atoms with Crippen molar-refractivity contribution in [2.75, 3.05) is 44.4 Å². The molecular formula is C19H29N3O4S. The first-order valence-corrected chi connectivity index (χ1v) is 10.8. The molecule has 1 unspecified atom stereocenters. The first-order chi connectivity index (χ1) is 13.2. The summed E-state index contributed by atoms with van der Waals surface area (Å²) in [5.74, 6) is 0.344. The Morgan fingerprint density at radius 2 is 2.15 bits per heavy atom. The Kier molecular flexibility index (Phi) is 10.0. The van der Waals surface area contributed by atoms with E-state index in [1.165, 1.54) is 24.8 Å². The quantitative estimate of drug-likeness (QED) is 0.540. The fourth-order valence-electron chi connectivity index (χ4n) is 2.83. The van der Waals surface area contributed by atoms with Gasteiger partial charge < -0.3 is 15.2 Å². The highest BCUT2D eigenvalue weighted by Gasteiger charge is 2.10. The van der Waals surface area contributed by atoms with Crippen molar-refractivity contribution in [3.63, 3.8) is 0 Å². The minimum atomic E-state index is -1.31. The number of aliphatic hydroxyl groups excluding tert-OH is 1. The van der Waals surface area contributed by atoms with Crippen LogP contribution in [-0.2, 0) is 22.1 Å². The zero-order valence-corrected chi connectivity index (χ0v) is 16.5. The average molecular weight is 396 g/mol. The molecule has 2 rings (SSSR count). The lowest BCUT2D eigenvalue weighted by Gasteiger charge is -2.26. The van der Waals surface area contributed by atoms with Gasteiger partial charge in [0.05, 0.1) is 6.61 Å². The van der Waals surface area contributed by atoms with Crippen LogP contribution >= 0.6 is 0 Å². The standard InChI is InChI=1S/C19H29N3O4S/c23-11-13-27(25)16-18(24)20-7-2-5-12-26-19-14-17(6-8-21-19)15-22-9-3-1-4-10-22/h2,5-6,8,14,23H,1,3-4,7,9-13,15-16H2,(H,20,24). The summed E-state index contributed by atoms with van der Waals surface area (Å²) in [6, 6.07) is 3.99. The maximum absolute atomic E-state index is 11.5. The number of carbonyl (C=O) groups excluding carboxylic acids is 1. The molecule has 7 nitrogen and oxygen atoms in total. The van der Waals surface area contributed by atoms with Crippen molar-refractivity contribution < 1.29 is 18.8 Å². The maximum atomic E-state index is 11.5. The largest absolute Gasteiger partial charge is 0.473 e. The van der Waals surface area contributed by atoms with E-state index in [0.29, 0.717) is 19.0 Å². The number of ether oxygens (including phenoxy) is 1. The molecule has 2 heterocycles. The van der Waals surface area contributed by atoms with Gasteiger partial charge in [-0.15, -0.1) is 0 Å². The first kappa shape index (κ1) is 21.5. The molecule has 1 fully saturated rings. The first-order valence-electron chi connectivity index (χ1n) is 9.35. The summed E-state index contributed by atoms with van der Waals surface area (Å²) in [5, 5.41) is 11.3. The van der Waals surface area contributed by atoms with Crippen LogP contribution in [0.15, 0.2) is 30.5 Å². The second kappa shape index (κ2) is 12.6. The molecule has 1 saturated heterocycles. The van der Waals surface area contributed by atoms with Gasteiger partial charge in [0.15, 0.2) is 0 Å². The van der Waals surface area contributed by atoms with E-state index in [4.69, 9.17) is 9.84 Å². The molecule has 1 aliphatic rings. The number of aliphatic hydroxyl groups is 1. The van der Waals surface area contributed by atoms with Crippen LogP contribution in [0.4, 0.5) is 0 Å². The highest BCUT2D eigenvalue weighted by molar-refractivity contribution is 7.85. The lowest BCUT2D eigenvalue weighted by molar-refractivity contribution is -0.118. The minimum absolute atomic E-state index is 0.0847. The zero-order valence-electron chi connectivity index (χ0n) is 15.6. The topological polar surface area (TPSA) is 91.8 Å². The number of piperidine rings is 1. The second-order valence-corrected chi connectivity index (χ2v) is 8.01. The highest BCUT2D eigenvalue weighted by atomic mass is 32.2. The Morgan fingerprint density at radius 3 is 2.93 bits per heavy atom. The van der Waals surface area contributed by atoms with Crippen LogP contribution in [0.1, 0.15) is 24.8 Å². The normalized spacial score (nSPS) is 16.3. The smallest absolute Gasteiger partial charge is 0.232 e. The van der Waals surface area contributed by atoms with Crippen molar-refractivity contribution in [2.24, 2.45) is 0 Å². The third-order valence-electron chi connectivity index (χ3n) is 4.18. The van der Waals surface area contributed by atoms with E-state index in [1.54, 1.807) is 12.3 Å². The van der Waals surface area contributed by atoms with E-state index in [9.17, 15) is 9.00 Å². The maximum Gasteiger partial charge on any atom is 0.232 e. The Hall–Kier alpha value is -1.77. The van der Waals surface area contributed by atoms with Gasteiger partial charge in [-0.2, -0.15) is 0 Å². The van der Waals surface area contributed by atoms with Crippen molar-refractivity contribution in [1.82, 2.24) is 15.2 Å². The highest BCUT2D eigenvalue weighted by Crippen LogP contribution is 2.15. The molecule has 27 heavy (non-hydrogen) atoms. The predicted octanol–water partition coefficient (Wildman–Crippen LogP) is 0.860. The number of pyridine rings is 1. The lowest BCUT2D eigenvalue weighted by atomic mass is 10.1. The number of hydrogen-bond acceptors (Lipinski definition) is 6. The summed E-state index contributed by atoms with van der Waals surface area (Å²) in [6.45, 7) is 3.78. The molecule has 0 radical (unpaired) electrons. The van der Waals surface area contributed by atoms with Gasteiger partial charge in [-0.3, -0.25) is 13.9 Å². The molecule has 8 heteroatoms. The minimum Gasteiger partial charge on any atom is -0.473 e. The molecule has 1 aromatic heterocycles. The summed E-state index contributed by atoms with van der Waals surface area (Å²) >= 11 is 0. The van der Waals surface area contributed by atoms with Crippen LogP contribution in [0.2, 0.25) is 0 Å². The van der Waals surface area contributed by atoms with Gasteiger partial charge in [0.1, 0.15) is 12.4 Å². The van der Waals surface area contributed by atoms with Gasteiger partial charge in [0.25, 0.3) is 0 Å². The Morgan fingerprint density at radius 1 is 1.33 bits per heavy atom. The van der Waals surface area contributed by atoms with Crippen molar-refractivity contribution in [1.29, 1.82) is 0 Å². The monoisotopic (exact) mass is 395 g/mol. The van der Waals surface area contributed by atoms with Crippen LogP contribution in [0.3, 0.4) is 0 Å². The van der Waals surface area contributed by atoms with Gasteiger partial charge >= 0.3 is 0 Å². The Labute approximate surface area is 163 Å². The Balaban J connectivity index is 1.64. The summed E-state index contributed by atoms with van der Waals surface area (Å²) in [7, 11) is -1.31. The molecule has 1 amide bonds. The Bertz CT molecular complexity index is 633. The molecule has 1 aromatic rings. The van der Waals surface area contributed by atoms with Gasteiger partial charge in [-0.1, -0.05) is 12.5 Å². The molecule has 1 atom stereocenters. The van der Waals surface area contributed by atoms with E-state index >= 15 is 0 Å². The molecule has 0 saturated carbocycles. The SMILES string of the molecule is O=C(CS(=O)CCO)NCC=CCOc1cc(CN2CCCCC2)ccn1. The van der Waals surface area contributed by atoms with Crippen LogP contribution in [0.25, 0.3) is 0 Å². The molecule has 0 bridgehead atoms. The summed E-state index contributed by atoms with van der Waals surface area (Å²) in [6.07, 6.45) is 9.23. The fourth-order valence-corrected chi connectivity index (χ4v) is 3.57. The summed E-state index contributed by atoms with van der Waals surface area (Å²) in [4.78, 5) is 18.2. The van der Waals surface area contributed by atoms with E-state index in [0.717, 1.165) is 19.6 Å². The van der Waals surface area contributed by atoms with Crippen LogP contribution in [0, 0.1) is 0 Å². The molecule has 150 valence electrons. The van der Waals surface area contributed by atoms with Gasteiger partial charge in [0.2, 0.25) is 11.8 Å². The third kappa shape index (κ3) is 9.12. The van der Waals surface area contributed by atoms with Gasteiger partial charge in [0, 0.05) is 41.9 Å². The van der Waals surface area contributed by atoms with Gasteiger partial charge in [-0.05, 0) is 43.6 Å². The van der Waals surface area contributed by atoms with E-state index < -0.39 is 10.8 Å². The average Bonchev–Trinajstić information content (AvgIpc) is 2.66. The lowest BCUT2D eigenvalue weighted by Crippen LogP contribution is -2.29. The van der Waals surface area contributed by atoms with E-state index in [-0.39, 0.29) is 24.0 Å².